The van der Waals surface area contributed by atoms with Crippen molar-refractivity contribution in [2.75, 3.05) is 18.4 Å². The number of H-pyrrole nitrogens is 1. The first-order chi connectivity index (χ1) is 11.3. The molecule has 2 aromatic rings. The first-order valence-corrected chi connectivity index (χ1v) is 8.81. The summed E-state index contributed by atoms with van der Waals surface area (Å²) >= 11 is 0. The van der Waals surface area contributed by atoms with Crippen molar-refractivity contribution >= 4 is 21.7 Å². The molecule has 24 heavy (non-hydrogen) atoms. The largest absolute Gasteiger partial charge is 0.497 e. The normalized spacial score (nSPS) is 11.2. The molecular weight excluding hydrogens is 332 g/mol. The van der Waals surface area contributed by atoms with Gasteiger partial charge in [0.1, 0.15) is 16.2 Å². The van der Waals surface area contributed by atoms with Crippen LogP contribution < -0.4 is 9.46 Å². The summed E-state index contributed by atoms with van der Waals surface area (Å²) in [7, 11) is -2.49. The summed E-state index contributed by atoms with van der Waals surface area (Å²) in [6.07, 6.45) is 0. The van der Waals surface area contributed by atoms with Crippen LogP contribution in [0.25, 0.3) is 0 Å². The molecule has 0 amide bonds. The average Bonchev–Trinajstić information content (AvgIpc) is 2.82. The van der Waals surface area contributed by atoms with Crippen LogP contribution in [0, 0.1) is 13.8 Å². The van der Waals surface area contributed by atoms with Gasteiger partial charge in [-0.1, -0.05) is 6.07 Å². The molecule has 0 spiro atoms. The lowest BCUT2D eigenvalue weighted by atomic mass is 10.2. The Labute approximate surface area is 141 Å². The first-order valence-electron chi connectivity index (χ1n) is 7.33. The summed E-state index contributed by atoms with van der Waals surface area (Å²) in [5.74, 6) is -0.159. The maximum atomic E-state index is 12.8. The van der Waals surface area contributed by atoms with Crippen molar-refractivity contribution in [1.82, 2.24) is 4.98 Å². The van der Waals surface area contributed by atoms with E-state index in [4.69, 9.17) is 9.47 Å². The number of rotatable bonds is 6. The molecule has 2 rings (SSSR count). The third-order valence-corrected chi connectivity index (χ3v) is 4.94. The molecule has 7 nitrogen and oxygen atoms in total. The number of benzene rings is 1. The van der Waals surface area contributed by atoms with Gasteiger partial charge in [0.05, 0.1) is 19.4 Å². The Morgan fingerprint density at radius 3 is 2.58 bits per heavy atom. The van der Waals surface area contributed by atoms with Crippen LogP contribution in [0.4, 0.5) is 5.69 Å². The smallest absolute Gasteiger partial charge is 0.341 e. The molecule has 0 saturated carbocycles. The van der Waals surface area contributed by atoms with E-state index in [1.807, 2.05) is 0 Å². The topological polar surface area (TPSA) is 97.5 Å². The highest BCUT2D eigenvalue weighted by Gasteiger charge is 2.30. The lowest BCUT2D eigenvalue weighted by Crippen LogP contribution is -2.18. The van der Waals surface area contributed by atoms with Crippen molar-refractivity contribution in [1.29, 1.82) is 0 Å². The number of nitrogens with one attached hydrogen (secondary N) is 2. The number of hydrogen-bond donors (Lipinski definition) is 2. The van der Waals surface area contributed by atoms with E-state index in [0.717, 1.165) is 0 Å². The molecule has 0 aliphatic carbocycles. The molecule has 0 atom stereocenters. The molecule has 1 aromatic heterocycles. The Morgan fingerprint density at radius 2 is 1.96 bits per heavy atom. The van der Waals surface area contributed by atoms with Crippen molar-refractivity contribution in [2.24, 2.45) is 0 Å². The van der Waals surface area contributed by atoms with Gasteiger partial charge in [-0.05, 0) is 32.9 Å². The highest BCUT2D eigenvalue weighted by molar-refractivity contribution is 7.92. The first kappa shape index (κ1) is 17.9. The van der Waals surface area contributed by atoms with Gasteiger partial charge in [0, 0.05) is 17.5 Å². The highest BCUT2D eigenvalue weighted by Crippen LogP contribution is 2.27. The molecule has 130 valence electrons. The van der Waals surface area contributed by atoms with Crippen LogP contribution >= 0.6 is 0 Å². The molecule has 8 heteroatoms. The molecule has 0 aliphatic rings. The fourth-order valence-electron chi connectivity index (χ4n) is 2.44. The van der Waals surface area contributed by atoms with Crippen molar-refractivity contribution in [3.8, 4) is 5.75 Å². The van der Waals surface area contributed by atoms with Gasteiger partial charge in [0.15, 0.2) is 0 Å². The molecule has 0 bridgehead atoms. The van der Waals surface area contributed by atoms with Crippen molar-refractivity contribution in [2.45, 2.75) is 25.7 Å². The summed E-state index contributed by atoms with van der Waals surface area (Å²) in [5, 5.41) is 0. The van der Waals surface area contributed by atoms with E-state index in [1.54, 1.807) is 45.0 Å². The number of carbonyl (C=O) groups excluding carboxylic acids is 1. The van der Waals surface area contributed by atoms with Gasteiger partial charge in [-0.15, -0.1) is 0 Å². The summed E-state index contributed by atoms with van der Waals surface area (Å²) in [4.78, 5) is 14.9. The second kappa shape index (κ2) is 6.96. The summed E-state index contributed by atoms with van der Waals surface area (Å²) in [5.41, 5.74) is 1.16. The molecule has 0 fully saturated rings. The van der Waals surface area contributed by atoms with Crippen LogP contribution in [0.2, 0.25) is 0 Å². The Hall–Kier alpha value is -2.48. The number of sulfonamides is 1. The van der Waals surface area contributed by atoms with E-state index < -0.39 is 16.0 Å². The summed E-state index contributed by atoms with van der Waals surface area (Å²) < 4.78 is 38.1. The number of carbonyl (C=O) groups is 1. The number of anilines is 1. The van der Waals surface area contributed by atoms with Gasteiger partial charge in [0.25, 0.3) is 10.0 Å². The third-order valence-electron chi connectivity index (χ3n) is 3.39. The van der Waals surface area contributed by atoms with E-state index in [9.17, 15) is 13.2 Å². The number of hydrogen-bond acceptors (Lipinski definition) is 5. The Kier molecular flexibility index (Phi) is 5.18. The van der Waals surface area contributed by atoms with Gasteiger partial charge in [-0.3, -0.25) is 4.72 Å². The van der Waals surface area contributed by atoms with Crippen molar-refractivity contribution < 1.29 is 22.7 Å². The van der Waals surface area contributed by atoms with Gasteiger partial charge >= 0.3 is 5.97 Å². The molecule has 1 heterocycles. The molecule has 2 N–H and O–H groups in total. The highest BCUT2D eigenvalue weighted by atomic mass is 32.2. The zero-order valence-electron chi connectivity index (χ0n) is 14.0. The van der Waals surface area contributed by atoms with Crippen LogP contribution in [-0.2, 0) is 14.8 Å². The maximum Gasteiger partial charge on any atom is 0.341 e. The monoisotopic (exact) mass is 352 g/mol. The minimum Gasteiger partial charge on any atom is -0.497 e. The minimum absolute atomic E-state index is 0.0183. The van der Waals surface area contributed by atoms with E-state index in [2.05, 4.69) is 9.71 Å². The lowest BCUT2D eigenvalue weighted by Gasteiger charge is -2.11. The van der Waals surface area contributed by atoms with E-state index in [1.165, 1.54) is 7.11 Å². The fraction of sp³-hybridized carbons (Fsp3) is 0.312. The van der Waals surface area contributed by atoms with Crippen LogP contribution in [0.5, 0.6) is 5.75 Å². The second-order valence-corrected chi connectivity index (χ2v) is 6.76. The number of aromatic nitrogens is 1. The number of aromatic amines is 1. The number of esters is 1. The molecule has 0 unspecified atom stereocenters. The van der Waals surface area contributed by atoms with E-state index in [-0.39, 0.29) is 17.1 Å². The predicted molar refractivity (Wildman–Crippen MR) is 90.0 cm³/mol. The van der Waals surface area contributed by atoms with Crippen molar-refractivity contribution in [3.05, 3.63) is 41.2 Å². The summed E-state index contributed by atoms with van der Waals surface area (Å²) in [6.45, 7) is 5.04. The molecule has 0 saturated heterocycles. The van der Waals surface area contributed by atoms with Crippen LogP contribution in [0.1, 0.15) is 28.7 Å². The maximum absolute atomic E-state index is 12.8. The standard InChI is InChI=1S/C16H20N2O5S/c1-5-23-16(19)14-10(2)17-11(3)15(14)24(20,21)18-12-7-6-8-13(9-12)22-4/h6-9,17-18H,5H2,1-4H3. The van der Waals surface area contributed by atoms with E-state index in [0.29, 0.717) is 22.8 Å². The second-order valence-electron chi connectivity index (χ2n) is 5.14. The van der Waals surface area contributed by atoms with Gasteiger partial charge in [-0.25, -0.2) is 13.2 Å². The summed E-state index contributed by atoms with van der Waals surface area (Å²) in [6, 6.07) is 6.51. The van der Waals surface area contributed by atoms with Crippen LogP contribution in [0.3, 0.4) is 0 Å². The Morgan fingerprint density at radius 1 is 1.25 bits per heavy atom. The molecule has 1 aromatic carbocycles. The Balaban J connectivity index is 2.47. The predicted octanol–water partition coefficient (Wildman–Crippen LogP) is 2.62. The number of aryl methyl sites for hydroxylation is 2. The lowest BCUT2D eigenvalue weighted by molar-refractivity contribution is 0.0521. The molecule has 0 aliphatic heterocycles. The van der Waals surface area contributed by atoms with Gasteiger partial charge in [-0.2, -0.15) is 0 Å². The fourth-order valence-corrected chi connectivity index (χ4v) is 3.93. The zero-order valence-corrected chi connectivity index (χ0v) is 14.8. The van der Waals surface area contributed by atoms with Crippen LogP contribution in [0.15, 0.2) is 29.2 Å². The molecule has 0 radical (unpaired) electrons. The van der Waals surface area contributed by atoms with Gasteiger partial charge < -0.3 is 14.5 Å². The molecular formula is C16H20N2O5S. The number of methoxy groups -OCH3 is 1. The quantitative estimate of drug-likeness (QED) is 0.779. The number of ether oxygens (including phenoxy) is 2. The SMILES string of the molecule is CCOC(=O)c1c(C)[nH]c(C)c1S(=O)(=O)Nc1cccc(OC)c1. The third kappa shape index (κ3) is 3.53. The zero-order chi connectivity index (χ0) is 17.9. The van der Waals surface area contributed by atoms with E-state index >= 15 is 0 Å². The Bertz CT molecular complexity index is 855. The minimum atomic E-state index is -3.98. The van der Waals surface area contributed by atoms with Crippen LogP contribution in [-0.4, -0.2) is 33.1 Å². The van der Waals surface area contributed by atoms with Crippen molar-refractivity contribution in [3.63, 3.8) is 0 Å². The van der Waals surface area contributed by atoms with Gasteiger partial charge in [0.2, 0.25) is 0 Å². The average molecular weight is 352 g/mol.